The molecule has 0 saturated heterocycles. The Bertz CT molecular complexity index is 1780. The molecule has 0 radical (unpaired) electrons. The number of hydrogen-bond donors (Lipinski definition) is 4. The van der Waals surface area contributed by atoms with E-state index in [1.807, 2.05) is 0 Å². The molecule has 0 saturated carbocycles. The summed E-state index contributed by atoms with van der Waals surface area (Å²) in [4.78, 5) is 25.3. The van der Waals surface area contributed by atoms with Crippen molar-refractivity contribution in [2.75, 3.05) is 0 Å². The second-order valence-corrected chi connectivity index (χ2v) is 9.77. The van der Waals surface area contributed by atoms with Gasteiger partial charge in [-0.3, -0.25) is 23.2 Å². The second-order valence-electron chi connectivity index (χ2n) is 6.70. The Labute approximate surface area is 201 Å². The molecule has 3 aromatic rings. The third-order valence-corrected chi connectivity index (χ3v) is 5.28. The third-order valence-electron chi connectivity index (χ3n) is 4.10. The summed E-state index contributed by atoms with van der Waals surface area (Å²) in [7, 11) is -15.6. The first kappa shape index (κ1) is 26.8. The lowest BCUT2D eigenvalue weighted by atomic mass is 10.0. The van der Waals surface area contributed by atoms with Crippen molar-refractivity contribution in [3.8, 4) is 34.3 Å². The van der Waals surface area contributed by atoms with Crippen LogP contribution in [0.25, 0.3) is 22.3 Å². The van der Waals surface area contributed by atoms with Gasteiger partial charge in [-0.25, -0.2) is 0 Å². The molecule has 4 N–H and O–H groups in total. The van der Waals surface area contributed by atoms with Crippen molar-refractivity contribution in [3.63, 3.8) is 0 Å². The minimum atomic E-state index is -5.30. The van der Waals surface area contributed by atoms with Gasteiger partial charge in [0.25, 0.3) is 0 Å². The maximum absolute atomic E-state index is 13.0. The Balaban J connectivity index is 2.37. The Morgan fingerprint density at radius 3 is 1.92 bits per heavy atom. The molecule has 0 spiro atoms. The lowest BCUT2D eigenvalue weighted by molar-refractivity contribution is 0.101. The molecule has 1 heterocycles. The van der Waals surface area contributed by atoms with Gasteiger partial charge < -0.3 is 22.1 Å². The summed E-state index contributed by atoms with van der Waals surface area (Å²) in [6, 6.07) is 3.65. The van der Waals surface area contributed by atoms with Crippen LogP contribution < -0.4 is 18.0 Å². The molecule has 1 aromatic heterocycles. The molecule has 16 nitrogen and oxygen atoms in total. The zero-order chi connectivity index (χ0) is 27.2. The van der Waals surface area contributed by atoms with E-state index in [9.17, 15) is 39.9 Å². The average Bonchev–Trinajstić information content (AvgIpc) is 2.64. The number of phenolic OH excluding ortho intramolecular Hbond substituents is 1. The van der Waals surface area contributed by atoms with Gasteiger partial charge in [-0.15, -0.1) is 0 Å². The lowest BCUT2D eigenvalue weighted by Gasteiger charge is -2.13. The predicted molar refractivity (Wildman–Crippen MR) is 116 cm³/mol. The van der Waals surface area contributed by atoms with Crippen molar-refractivity contribution in [2.45, 2.75) is 6.92 Å². The smallest absolute Gasteiger partial charge is 0.446 e. The van der Waals surface area contributed by atoms with Crippen LogP contribution in [-0.2, 0) is 31.2 Å². The van der Waals surface area contributed by atoms with Crippen molar-refractivity contribution in [3.05, 3.63) is 46.1 Å². The van der Waals surface area contributed by atoms with Gasteiger partial charge in [-0.05, 0) is 25.1 Å². The first-order valence-corrected chi connectivity index (χ1v) is 12.9. The number of phenols is 1. The fraction of sp³-hybridized carbons (Fsp3) is 0.0588. The molecule has 0 aliphatic carbocycles. The highest BCUT2D eigenvalue weighted by Crippen LogP contribution is 2.38. The molecule has 0 aliphatic rings. The Kier molecular flexibility index (Phi) is 6.74. The van der Waals surface area contributed by atoms with Gasteiger partial charge in [-0.2, -0.15) is 25.3 Å². The SMILES string of the molecule is CC(=O)c1c(-c2ccc(OS(=O)(=O)O)c(OS(=O)(=O)O)c2)oc2cc(OS(=O)(=O)O)cc(O)c2c1=O. The van der Waals surface area contributed by atoms with E-state index in [-0.39, 0.29) is 5.56 Å². The summed E-state index contributed by atoms with van der Waals surface area (Å²) in [5.41, 5.74) is -2.78. The Morgan fingerprint density at radius 2 is 1.39 bits per heavy atom. The van der Waals surface area contributed by atoms with E-state index in [0.717, 1.165) is 19.1 Å². The number of hydrogen-bond acceptors (Lipinski definition) is 13. The summed E-state index contributed by atoms with van der Waals surface area (Å²) >= 11 is 0. The van der Waals surface area contributed by atoms with Crippen LogP contribution in [0.1, 0.15) is 17.3 Å². The van der Waals surface area contributed by atoms with Crippen LogP contribution >= 0.6 is 0 Å². The molecule has 194 valence electrons. The highest BCUT2D eigenvalue weighted by molar-refractivity contribution is 7.81. The zero-order valence-electron chi connectivity index (χ0n) is 17.3. The number of carbonyl (C=O) groups excluding carboxylic acids is 1. The van der Waals surface area contributed by atoms with Crippen LogP contribution in [0.15, 0.2) is 39.5 Å². The minimum Gasteiger partial charge on any atom is -0.507 e. The summed E-state index contributed by atoms with van der Waals surface area (Å²) in [5, 5.41) is 9.57. The number of Topliss-reactive ketones (excluding diaryl/α,β-unsaturated/α-hetero) is 1. The Hall–Kier alpha value is -3.75. The zero-order valence-corrected chi connectivity index (χ0v) is 19.7. The van der Waals surface area contributed by atoms with Crippen LogP contribution in [0.3, 0.4) is 0 Å². The van der Waals surface area contributed by atoms with Crippen LogP contribution in [0, 0.1) is 0 Å². The summed E-state index contributed by atoms with van der Waals surface area (Å²) < 4.78 is 111. The molecule has 0 bridgehead atoms. The summed E-state index contributed by atoms with van der Waals surface area (Å²) in [6.45, 7) is 0.930. The maximum atomic E-state index is 13.0. The van der Waals surface area contributed by atoms with E-state index in [1.54, 1.807) is 0 Å². The standard InChI is InChI=1S/C17H12O16S3/c1-7(18)14-16(20)15-10(19)5-9(31-34(21,22)23)6-13(15)30-17(14)8-2-3-11(32-35(24,25)26)12(4-8)33-36(27,28)29/h2-6,19H,1H3,(H,21,22,23)(H,24,25,26)(H,27,28,29). The molecule has 3 rings (SSSR count). The first-order valence-electron chi connectivity index (χ1n) is 8.84. The molecule has 0 aliphatic heterocycles. The van der Waals surface area contributed by atoms with Crippen molar-refractivity contribution >= 4 is 47.9 Å². The molecule has 0 atom stereocenters. The first-order chi connectivity index (χ1) is 16.3. The van der Waals surface area contributed by atoms with E-state index in [2.05, 4.69) is 12.5 Å². The number of aromatic hydroxyl groups is 1. The molecular formula is C17H12O16S3. The van der Waals surface area contributed by atoms with Gasteiger partial charge in [0.1, 0.15) is 28.0 Å². The molecule has 2 aromatic carbocycles. The molecular weight excluding hydrogens is 556 g/mol. The fourth-order valence-electron chi connectivity index (χ4n) is 2.98. The molecule has 36 heavy (non-hydrogen) atoms. The van der Waals surface area contributed by atoms with Crippen molar-refractivity contribution < 1.29 is 65.8 Å². The lowest BCUT2D eigenvalue weighted by Crippen LogP contribution is -2.16. The predicted octanol–water partition coefficient (Wildman–Crippen LogP) is 0.913. The van der Waals surface area contributed by atoms with Crippen LogP contribution in [0.4, 0.5) is 0 Å². The third kappa shape index (κ3) is 6.27. The molecule has 0 fully saturated rings. The van der Waals surface area contributed by atoms with E-state index >= 15 is 0 Å². The van der Waals surface area contributed by atoms with Gasteiger partial charge in [0, 0.05) is 17.7 Å². The van der Waals surface area contributed by atoms with Gasteiger partial charge in [0.05, 0.1) is 0 Å². The summed E-state index contributed by atoms with van der Waals surface area (Å²) in [6.07, 6.45) is 0. The van der Waals surface area contributed by atoms with Crippen LogP contribution in [0.2, 0.25) is 0 Å². The highest BCUT2D eigenvalue weighted by Gasteiger charge is 2.25. The van der Waals surface area contributed by atoms with Crippen LogP contribution in [0.5, 0.6) is 23.0 Å². The topological polar surface area (TPSA) is 258 Å². The number of rotatable bonds is 8. The van der Waals surface area contributed by atoms with Gasteiger partial charge in [0.2, 0.25) is 5.43 Å². The quantitative estimate of drug-likeness (QED) is 0.217. The fourth-order valence-corrected chi connectivity index (χ4v) is 4.04. The Morgan fingerprint density at radius 1 is 0.833 bits per heavy atom. The van der Waals surface area contributed by atoms with E-state index < -0.39 is 87.7 Å². The van der Waals surface area contributed by atoms with Crippen LogP contribution in [-0.4, -0.2) is 49.8 Å². The van der Waals surface area contributed by atoms with Gasteiger partial charge >= 0.3 is 31.2 Å². The van der Waals surface area contributed by atoms with E-state index in [4.69, 9.17) is 18.1 Å². The van der Waals surface area contributed by atoms with E-state index in [0.29, 0.717) is 18.2 Å². The van der Waals surface area contributed by atoms with E-state index in [1.165, 1.54) is 0 Å². The minimum absolute atomic E-state index is 0.360. The molecule has 19 heteroatoms. The summed E-state index contributed by atoms with van der Waals surface area (Å²) in [5.74, 6) is -5.15. The van der Waals surface area contributed by atoms with Gasteiger partial charge in [-0.1, -0.05) is 0 Å². The maximum Gasteiger partial charge on any atom is 0.446 e. The number of fused-ring (bicyclic) bond motifs is 1. The van der Waals surface area contributed by atoms with Crippen molar-refractivity contribution in [2.24, 2.45) is 0 Å². The monoisotopic (exact) mass is 568 g/mol. The van der Waals surface area contributed by atoms with Crippen molar-refractivity contribution in [1.82, 2.24) is 0 Å². The highest BCUT2D eigenvalue weighted by atomic mass is 32.3. The number of ketones is 1. The largest absolute Gasteiger partial charge is 0.507 e. The normalized spacial score (nSPS) is 12.3. The second kappa shape index (κ2) is 9.04. The number of carbonyl (C=O) groups is 1. The molecule has 0 amide bonds. The number of benzene rings is 2. The molecule has 0 unspecified atom stereocenters. The average molecular weight is 568 g/mol. The van der Waals surface area contributed by atoms with Crippen molar-refractivity contribution in [1.29, 1.82) is 0 Å². The van der Waals surface area contributed by atoms with Gasteiger partial charge in [0.15, 0.2) is 23.0 Å².